The molecule has 100 valence electrons. The highest BCUT2D eigenvalue weighted by atomic mass is 16.5. The maximum absolute atomic E-state index is 5.45. The molecule has 1 aromatic carbocycles. The summed E-state index contributed by atoms with van der Waals surface area (Å²) in [4.78, 5) is 7.92. The molecule has 1 saturated heterocycles. The Morgan fingerprint density at radius 1 is 1.37 bits per heavy atom. The van der Waals surface area contributed by atoms with Crippen LogP contribution in [0.2, 0.25) is 0 Å². The van der Waals surface area contributed by atoms with E-state index in [2.05, 4.69) is 34.3 Å². The Balaban J connectivity index is 1.97. The van der Waals surface area contributed by atoms with Crippen LogP contribution in [0.25, 0.3) is 11.3 Å². The van der Waals surface area contributed by atoms with Crippen LogP contribution in [0.15, 0.2) is 24.4 Å². The second kappa shape index (κ2) is 5.05. The van der Waals surface area contributed by atoms with Gasteiger partial charge in [0.25, 0.3) is 0 Å². The molecule has 4 nitrogen and oxygen atoms in total. The summed E-state index contributed by atoms with van der Waals surface area (Å²) in [6, 6.07) is 6.31. The van der Waals surface area contributed by atoms with Gasteiger partial charge in [0, 0.05) is 24.6 Å². The molecule has 0 unspecified atom stereocenters. The van der Waals surface area contributed by atoms with Crippen LogP contribution in [-0.4, -0.2) is 30.2 Å². The number of hydrogen-bond acceptors (Lipinski definition) is 3. The van der Waals surface area contributed by atoms with Crippen molar-refractivity contribution in [2.75, 3.05) is 20.2 Å². The van der Waals surface area contributed by atoms with Crippen LogP contribution >= 0.6 is 0 Å². The highest BCUT2D eigenvalue weighted by Gasteiger charge is 2.22. The van der Waals surface area contributed by atoms with Crippen molar-refractivity contribution in [2.24, 2.45) is 0 Å². The van der Waals surface area contributed by atoms with Gasteiger partial charge in [0.05, 0.1) is 19.0 Å². The lowest BCUT2D eigenvalue weighted by atomic mass is 10.0. The molecule has 4 heteroatoms. The Morgan fingerprint density at radius 3 is 2.84 bits per heavy atom. The van der Waals surface area contributed by atoms with E-state index in [1.807, 2.05) is 12.3 Å². The van der Waals surface area contributed by atoms with E-state index in [0.717, 1.165) is 42.3 Å². The Hall–Kier alpha value is -1.81. The lowest BCUT2D eigenvalue weighted by molar-refractivity contribution is 0.416. The van der Waals surface area contributed by atoms with E-state index in [9.17, 15) is 0 Å². The Kier molecular flexibility index (Phi) is 3.25. The number of benzene rings is 1. The normalized spacial score (nSPS) is 15.3. The van der Waals surface area contributed by atoms with E-state index in [0.29, 0.717) is 5.92 Å². The lowest BCUT2D eigenvalue weighted by Gasteiger charge is -2.24. The Bertz CT molecular complexity index is 573. The number of aromatic amines is 1. The maximum Gasteiger partial charge on any atom is 0.128 e. The van der Waals surface area contributed by atoms with Gasteiger partial charge in [-0.1, -0.05) is 13.0 Å². The fourth-order valence-electron chi connectivity index (χ4n) is 2.35. The summed E-state index contributed by atoms with van der Waals surface area (Å²) < 4.78 is 5.45. The first-order valence-corrected chi connectivity index (χ1v) is 6.74. The number of rotatable bonds is 4. The predicted molar refractivity (Wildman–Crippen MR) is 75.6 cm³/mol. The van der Waals surface area contributed by atoms with Crippen LogP contribution in [0.3, 0.4) is 0 Å². The molecule has 1 fully saturated rings. The minimum atomic E-state index is 0.522. The van der Waals surface area contributed by atoms with Gasteiger partial charge in [0.2, 0.25) is 0 Å². The van der Waals surface area contributed by atoms with E-state index in [4.69, 9.17) is 4.74 Å². The molecule has 0 saturated carbocycles. The van der Waals surface area contributed by atoms with E-state index in [-0.39, 0.29) is 0 Å². The van der Waals surface area contributed by atoms with Gasteiger partial charge in [-0.15, -0.1) is 0 Å². The summed E-state index contributed by atoms with van der Waals surface area (Å²) in [5, 5.41) is 3.26. The number of aryl methyl sites for hydroxylation is 1. The van der Waals surface area contributed by atoms with Gasteiger partial charge >= 0.3 is 0 Å². The standard InChI is InChI=1S/C15H19N3O/c1-3-10-4-5-14(19-2)12(6-10)13-9-17-15(18-13)11-7-16-8-11/h4-6,9,11,16H,3,7-8H2,1-2H3,(H,17,18). The molecule has 1 aromatic heterocycles. The highest BCUT2D eigenvalue weighted by molar-refractivity contribution is 5.67. The van der Waals surface area contributed by atoms with Gasteiger partial charge in [-0.05, 0) is 24.1 Å². The third-order valence-electron chi connectivity index (χ3n) is 3.73. The lowest BCUT2D eigenvalue weighted by Crippen LogP contribution is -2.40. The fourth-order valence-corrected chi connectivity index (χ4v) is 2.35. The molecule has 0 bridgehead atoms. The second-order valence-electron chi connectivity index (χ2n) is 4.93. The SMILES string of the molecule is CCc1ccc(OC)c(-c2cnc(C3CNC3)[nH]2)c1. The first kappa shape index (κ1) is 12.2. The van der Waals surface area contributed by atoms with Gasteiger partial charge < -0.3 is 15.0 Å². The third-order valence-corrected chi connectivity index (χ3v) is 3.73. The van der Waals surface area contributed by atoms with Gasteiger partial charge in [-0.3, -0.25) is 0 Å². The van der Waals surface area contributed by atoms with Crippen molar-refractivity contribution in [1.82, 2.24) is 15.3 Å². The Labute approximate surface area is 113 Å². The summed E-state index contributed by atoms with van der Waals surface area (Å²) in [6.45, 7) is 4.18. The zero-order chi connectivity index (χ0) is 13.2. The summed E-state index contributed by atoms with van der Waals surface area (Å²) >= 11 is 0. The quantitative estimate of drug-likeness (QED) is 0.884. The summed E-state index contributed by atoms with van der Waals surface area (Å²) in [7, 11) is 1.71. The molecule has 2 heterocycles. The van der Waals surface area contributed by atoms with Gasteiger partial charge in [-0.2, -0.15) is 0 Å². The van der Waals surface area contributed by atoms with Crippen LogP contribution in [0.5, 0.6) is 5.75 Å². The molecular formula is C15H19N3O. The molecule has 0 aliphatic carbocycles. The third kappa shape index (κ3) is 2.24. The average Bonchev–Trinajstić information content (AvgIpc) is 2.85. The zero-order valence-corrected chi connectivity index (χ0v) is 11.4. The number of ether oxygens (including phenoxy) is 1. The molecule has 1 aliphatic rings. The molecule has 0 amide bonds. The minimum Gasteiger partial charge on any atom is -0.496 e. The molecule has 1 aliphatic heterocycles. The molecule has 2 aromatic rings. The monoisotopic (exact) mass is 257 g/mol. The number of aromatic nitrogens is 2. The fraction of sp³-hybridized carbons (Fsp3) is 0.400. The summed E-state index contributed by atoms with van der Waals surface area (Å²) in [5.74, 6) is 2.48. The maximum atomic E-state index is 5.45. The van der Waals surface area contributed by atoms with E-state index < -0.39 is 0 Å². The molecule has 19 heavy (non-hydrogen) atoms. The van der Waals surface area contributed by atoms with Crippen LogP contribution in [0.1, 0.15) is 24.2 Å². The number of H-pyrrole nitrogens is 1. The van der Waals surface area contributed by atoms with Gasteiger partial charge in [0.1, 0.15) is 11.6 Å². The van der Waals surface area contributed by atoms with Crippen LogP contribution in [0, 0.1) is 0 Å². The first-order valence-electron chi connectivity index (χ1n) is 6.74. The van der Waals surface area contributed by atoms with Gasteiger partial charge in [-0.25, -0.2) is 4.98 Å². The number of nitrogens with one attached hydrogen (secondary N) is 2. The predicted octanol–water partition coefficient (Wildman–Crippen LogP) is 2.33. The van der Waals surface area contributed by atoms with Crippen LogP contribution in [-0.2, 0) is 6.42 Å². The average molecular weight is 257 g/mol. The van der Waals surface area contributed by atoms with E-state index in [1.165, 1.54) is 5.56 Å². The van der Waals surface area contributed by atoms with Crippen molar-refractivity contribution in [3.8, 4) is 17.0 Å². The van der Waals surface area contributed by atoms with Crippen LogP contribution < -0.4 is 10.1 Å². The topological polar surface area (TPSA) is 49.9 Å². The van der Waals surface area contributed by atoms with E-state index in [1.54, 1.807) is 7.11 Å². The molecule has 0 radical (unpaired) electrons. The largest absolute Gasteiger partial charge is 0.496 e. The number of methoxy groups -OCH3 is 1. The van der Waals surface area contributed by atoms with Crippen molar-refractivity contribution in [3.05, 3.63) is 35.8 Å². The highest BCUT2D eigenvalue weighted by Crippen LogP contribution is 2.31. The summed E-state index contributed by atoms with van der Waals surface area (Å²) in [6.07, 6.45) is 2.93. The zero-order valence-electron chi connectivity index (χ0n) is 11.4. The molecule has 0 spiro atoms. The summed E-state index contributed by atoms with van der Waals surface area (Å²) in [5.41, 5.74) is 3.43. The number of imidazole rings is 1. The van der Waals surface area contributed by atoms with Crippen molar-refractivity contribution in [2.45, 2.75) is 19.3 Å². The van der Waals surface area contributed by atoms with E-state index >= 15 is 0 Å². The first-order chi connectivity index (χ1) is 9.31. The molecular weight excluding hydrogens is 238 g/mol. The number of nitrogens with zero attached hydrogens (tertiary/aromatic N) is 1. The molecule has 0 atom stereocenters. The Morgan fingerprint density at radius 2 is 2.21 bits per heavy atom. The minimum absolute atomic E-state index is 0.522. The van der Waals surface area contributed by atoms with Crippen molar-refractivity contribution in [3.63, 3.8) is 0 Å². The van der Waals surface area contributed by atoms with Gasteiger partial charge in [0.15, 0.2) is 0 Å². The van der Waals surface area contributed by atoms with Crippen molar-refractivity contribution >= 4 is 0 Å². The van der Waals surface area contributed by atoms with Crippen LogP contribution in [0.4, 0.5) is 0 Å². The molecule has 3 rings (SSSR count). The van der Waals surface area contributed by atoms with Crippen molar-refractivity contribution in [1.29, 1.82) is 0 Å². The number of hydrogen-bond donors (Lipinski definition) is 2. The van der Waals surface area contributed by atoms with Crippen molar-refractivity contribution < 1.29 is 4.74 Å². The smallest absolute Gasteiger partial charge is 0.128 e. The second-order valence-corrected chi connectivity index (χ2v) is 4.93. The molecule has 2 N–H and O–H groups in total.